The second kappa shape index (κ2) is 9.97. The molecule has 2 rings (SSSR count). The molecule has 0 atom stereocenters. The Morgan fingerprint density at radius 1 is 0.810 bits per heavy atom. The number of hydrogen-bond donors (Lipinski definition) is 2. The largest absolute Gasteiger partial charge is 0.355 e. The first-order valence-corrected chi connectivity index (χ1v) is 6.90. The van der Waals surface area contributed by atoms with E-state index in [4.69, 9.17) is 0 Å². The average molecular weight is 305 g/mol. The van der Waals surface area contributed by atoms with E-state index in [1.807, 2.05) is 48.5 Å². The molecule has 0 aliphatic carbocycles. The van der Waals surface area contributed by atoms with Crippen molar-refractivity contribution in [1.29, 1.82) is 0 Å². The van der Waals surface area contributed by atoms with Crippen LogP contribution in [0, 0.1) is 0 Å². The van der Waals surface area contributed by atoms with E-state index in [0.29, 0.717) is 13.0 Å². The summed E-state index contributed by atoms with van der Waals surface area (Å²) in [5.41, 5.74) is 2.30. The molecule has 3 nitrogen and oxygen atoms in total. The Morgan fingerprint density at radius 3 is 2.00 bits per heavy atom. The summed E-state index contributed by atoms with van der Waals surface area (Å²) in [7, 11) is 0. The maximum atomic E-state index is 11.7. The van der Waals surface area contributed by atoms with Crippen molar-refractivity contribution in [2.45, 2.75) is 13.0 Å². The average Bonchev–Trinajstić information content (AvgIpc) is 2.49. The summed E-state index contributed by atoms with van der Waals surface area (Å²) >= 11 is 0. The van der Waals surface area contributed by atoms with Crippen LogP contribution >= 0.6 is 12.4 Å². The molecule has 0 saturated heterocycles. The van der Waals surface area contributed by atoms with Gasteiger partial charge in [-0.05, 0) is 11.1 Å². The molecule has 4 heteroatoms. The van der Waals surface area contributed by atoms with Crippen molar-refractivity contribution in [3.05, 3.63) is 71.8 Å². The minimum Gasteiger partial charge on any atom is -0.355 e. The monoisotopic (exact) mass is 304 g/mol. The molecule has 0 heterocycles. The quantitative estimate of drug-likeness (QED) is 0.772. The SMILES string of the molecule is Cl.O=C(Cc1ccccc1)NCCNCc1ccccc1. The molecule has 0 radical (unpaired) electrons. The molecule has 0 unspecified atom stereocenters. The van der Waals surface area contributed by atoms with Crippen molar-refractivity contribution in [1.82, 2.24) is 10.6 Å². The highest BCUT2D eigenvalue weighted by atomic mass is 35.5. The molecule has 0 bridgehead atoms. The molecular formula is C17H21ClN2O. The minimum atomic E-state index is 0. The minimum absolute atomic E-state index is 0. The van der Waals surface area contributed by atoms with E-state index in [0.717, 1.165) is 18.7 Å². The number of carbonyl (C=O) groups is 1. The molecule has 21 heavy (non-hydrogen) atoms. The first-order chi connectivity index (χ1) is 9.84. The molecule has 1 amide bonds. The van der Waals surface area contributed by atoms with E-state index in [2.05, 4.69) is 22.8 Å². The summed E-state index contributed by atoms with van der Waals surface area (Å²) in [6.07, 6.45) is 0.444. The number of nitrogens with one attached hydrogen (secondary N) is 2. The van der Waals surface area contributed by atoms with Gasteiger partial charge in [-0.1, -0.05) is 60.7 Å². The third kappa shape index (κ3) is 6.93. The van der Waals surface area contributed by atoms with Gasteiger partial charge in [-0.2, -0.15) is 0 Å². The Hall–Kier alpha value is -1.84. The van der Waals surface area contributed by atoms with Crippen LogP contribution in [-0.4, -0.2) is 19.0 Å². The van der Waals surface area contributed by atoms with Gasteiger partial charge in [0.2, 0.25) is 5.91 Å². The van der Waals surface area contributed by atoms with E-state index in [-0.39, 0.29) is 18.3 Å². The van der Waals surface area contributed by atoms with Gasteiger partial charge in [0, 0.05) is 19.6 Å². The molecule has 0 aliphatic heterocycles. The third-order valence-corrected chi connectivity index (χ3v) is 3.00. The number of hydrogen-bond acceptors (Lipinski definition) is 2. The maximum Gasteiger partial charge on any atom is 0.224 e. The van der Waals surface area contributed by atoms with Crippen molar-refractivity contribution in [3.63, 3.8) is 0 Å². The molecule has 0 aromatic heterocycles. The summed E-state index contributed by atoms with van der Waals surface area (Å²) < 4.78 is 0. The highest BCUT2D eigenvalue weighted by molar-refractivity contribution is 5.85. The number of rotatable bonds is 7. The van der Waals surface area contributed by atoms with Crippen molar-refractivity contribution in [3.8, 4) is 0 Å². The van der Waals surface area contributed by atoms with Gasteiger partial charge in [0.15, 0.2) is 0 Å². The Labute approximate surface area is 132 Å². The van der Waals surface area contributed by atoms with Gasteiger partial charge in [0.25, 0.3) is 0 Å². The molecule has 0 saturated carbocycles. The lowest BCUT2D eigenvalue weighted by Crippen LogP contribution is -2.32. The summed E-state index contributed by atoms with van der Waals surface area (Å²) in [4.78, 5) is 11.7. The van der Waals surface area contributed by atoms with E-state index < -0.39 is 0 Å². The molecular weight excluding hydrogens is 284 g/mol. The Kier molecular flexibility index (Phi) is 8.17. The maximum absolute atomic E-state index is 11.7. The highest BCUT2D eigenvalue weighted by Crippen LogP contribution is 1.99. The number of halogens is 1. The van der Waals surface area contributed by atoms with Crippen molar-refractivity contribution >= 4 is 18.3 Å². The van der Waals surface area contributed by atoms with Crippen molar-refractivity contribution < 1.29 is 4.79 Å². The van der Waals surface area contributed by atoms with Crippen LogP contribution in [0.15, 0.2) is 60.7 Å². The van der Waals surface area contributed by atoms with Crippen molar-refractivity contribution in [2.75, 3.05) is 13.1 Å². The topological polar surface area (TPSA) is 41.1 Å². The van der Waals surface area contributed by atoms with Gasteiger partial charge < -0.3 is 10.6 Å². The molecule has 0 spiro atoms. The van der Waals surface area contributed by atoms with E-state index in [1.54, 1.807) is 0 Å². The first-order valence-electron chi connectivity index (χ1n) is 6.90. The first kappa shape index (κ1) is 17.2. The summed E-state index contributed by atoms with van der Waals surface area (Å²) in [5, 5.41) is 6.22. The number of amides is 1. The summed E-state index contributed by atoms with van der Waals surface area (Å²) in [5.74, 6) is 0.0673. The molecule has 2 aromatic carbocycles. The van der Waals surface area contributed by atoms with E-state index in [9.17, 15) is 4.79 Å². The van der Waals surface area contributed by atoms with Crippen LogP contribution in [0.25, 0.3) is 0 Å². The summed E-state index contributed by atoms with van der Waals surface area (Å²) in [6, 6.07) is 20.0. The second-order valence-corrected chi connectivity index (χ2v) is 4.67. The highest BCUT2D eigenvalue weighted by Gasteiger charge is 2.01. The third-order valence-electron chi connectivity index (χ3n) is 3.00. The smallest absolute Gasteiger partial charge is 0.224 e. The molecule has 112 valence electrons. The molecule has 2 aromatic rings. The Bertz CT molecular complexity index is 517. The lowest BCUT2D eigenvalue weighted by molar-refractivity contribution is -0.120. The Balaban J connectivity index is 0.00000220. The molecule has 0 aliphatic rings. The van der Waals surface area contributed by atoms with Crippen LogP contribution in [0.4, 0.5) is 0 Å². The fourth-order valence-corrected chi connectivity index (χ4v) is 1.96. The Morgan fingerprint density at radius 2 is 1.38 bits per heavy atom. The number of benzene rings is 2. The van der Waals surface area contributed by atoms with Crippen molar-refractivity contribution in [2.24, 2.45) is 0 Å². The fourth-order valence-electron chi connectivity index (χ4n) is 1.96. The predicted molar refractivity (Wildman–Crippen MR) is 88.6 cm³/mol. The van der Waals surface area contributed by atoms with Gasteiger partial charge in [0.1, 0.15) is 0 Å². The van der Waals surface area contributed by atoms with Gasteiger partial charge in [-0.3, -0.25) is 4.79 Å². The normalized spacial score (nSPS) is 9.71. The lowest BCUT2D eigenvalue weighted by atomic mass is 10.1. The summed E-state index contributed by atoms with van der Waals surface area (Å²) in [6.45, 7) is 2.25. The lowest BCUT2D eigenvalue weighted by Gasteiger charge is -2.07. The molecule has 2 N–H and O–H groups in total. The second-order valence-electron chi connectivity index (χ2n) is 4.67. The van der Waals surface area contributed by atoms with E-state index >= 15 is 0 Å². The number of carbonyl (C=O) groups excluding carboxylic acids is 1. The molecule has 0 fully saturated rings. The zero-order valence-electron chi connectivity index (χ0n) is 11.9. The van der Waals surface area contributed by atoms with Gasteiger partial charge in [-0.15, -0.1) is 12.4 Å². The fraction of sp³-hybridized carbons (Fsp3) is 0.235. The van der Waals surface area contributed by atoms with Gasteiger partial charge in [-0.25, -0.2) is 0 Å². The standard InChI is InChI=1S/C17H20N2O.ClH/c20-17(13-15-7-3-1-4-8-15)19-12-11-18-14-16-9-5-2-6-10-16;/h1-10,18H,11-14H2,(H,19,20);1H. The van der Waals surface area contributed by atoms with Crippen LogP contribution in [-0.2, 0) is 17.8 Å². The van der Waals surface area contributed by atoms with Crippen LogP contribution < -0.4 is 10.6 Å². The van der Waals surface area contributed by atoms with Gasteiger partial charge >= 0.3 is 0 Å². The van der Waals surface area contributed by atoms with Crippen LogP contribution in [0.5, 0.6) is 0 Å². The zero-order chi connectivity index (χ0) is 14.0. The van der Waals surface area contributed by atoms with Gasteiger partial charge in [0.05, 0.1) is 6.42 Å². The van der Waals surface area contributed by atoms with Crippen LogP contribution in [0.2, 0.25) is 0 Å². The zero-order valence-corrected chi connectivity index (χ0v) is 12.7. The predicted octanol–water partition coefficient (Wildman–Crippen LogP) is 2.56. The van der Waals surface area contributed by atoms with Crippen LogP contribution in [0.3, 0.4) is 0 Å². The van der Waals surface area contributed by atoms with Crippen LogP contribution in [0.1, 0.15) is 11.1 Å². The van der Waals surface area contributed by atoms with E-state index in [1.165, 1.54) is 5.56 Å².